The maximum atomic E-state index is 4.59. The lowest BCUT2D eigenvalue weighted by molar-refractivity contribution is 0.948. The molecule has 0 unspecified atom stereocenters. The zero-order valence-electron chi connectivity index (χ0n) is 18.2. The van der Waals surface area contributed by atoms with E-state index in [2.05, 4.69) is 104 Å². The minimum atomic E-state index is 0.965. The van der Waals surface area contributed by atoms with Gasteiger partial charge in [0.15, 0.2) is 0 Å². The van der Waals surface area contributed by atoms with Crippen molar-refractivity contribution in [3.8, 4) is 0 Å². The molecule has 0 fully saturated rings. The standard InChI is InChI=1S/C27H30N2/c1-8-14-23-19(5)21(11-4)25(15-9-2)29(23)20(6)27-22-17-12-13-18-24(22)28(7)26(27)16-10-3/h8-18H,4,6H2,1-3,5,7H3/b14-8-,15-9-,16-10-. The van der Waals surface area contributed by atoms with Gasteiger partial charge in [0.05, 0.1) is 11.4 Å². The third kappa shape index (κ3) is 3.25. The van der Waals surface area contributed by atoms with E-state index in [9.17, 15) is 0 Å². The van der Waals surface area contributed by atoms with Gasteiger partial charge in [0.25, 0.3) is 0 Å². The summed E-state index contributed by atoms with van der Waals surface area (Å²) in [5, 5.41) is 1.21. The van der Waals surface area contributed by atoms with Crippen molar-refractivity contribution in [1.29, 1.82) is 0 Å². The van der Waals surface area contributed by atoms with Crippen LogP contribution < -0.4 is 0 Å². The van der Waals surface area contributed by atoms with Crippen LogP contribution in [0.4, 0.5) is 0 Å². The third-order valence-electron chi connectivity index (χ3n) is 5.43. The summed E-state index contributed by atoms with van der Waals surface area (Å²) >= 11 is 0. The van der Waals surface area contributed by atoms with E-state index < -0.39 is 0 Å². The first-order valence-electron chi connectivity index (χ1n) is 10.0. The number of nitrogens with zero attached hydrogens (tertiary/aromatic N) is 2. The summed E-state index contributed by atoms with van der Waals surface area (Å²) in [4.78, 5) is 0. The molecule has 29 heavy (non-hydrogen) atoms. The van der Waals surface area contributed by atoms with Crippen molar-refractivity contribution < 1.29 is 0 Å². The number of hydrogen-bond acceptors (Lipinski definition) is 0. The molecule has 2 heteroatoms. The van der Waals surface area contributed by atoms with Gasteiger partial charge in [-0.3, -0.25) is 0 Å². The number of allylic oxidation sites excluding steroid dienone is 3. The minimum absolute atomic E-state index is 0.965. The SMILES string of the molecule is C=Cc1c(C)c(/C=C\C)n(C(=C)c2c(/C=C\C)n(C)c3ccccc23)c1/C=C\C. The van der Waals surface area contributed by atoms with Crippen LogP contribution in [0.5, 0.6) is 0 Å². The van der Waals surface area contributed by atoms with E-state index in [1.54, 1.807) is 0 Å². The van der Waals surface area contributed by atoms with Gasteiger partial charge in [0, 0.05) is 40.5 Å². The van der Waals surface area contributed by atoms with Crippen molar-refractivity contribution in [3.05, 3.63) is 89.4 Å². The van der Waals surface area contributed by atoms with Crippen LogP contribution >= 0.6 is 0 Å². The first-order valence-corrected chi connectivity index (χ1v) is 10.0. The smallest absolute Gasteiger partial charge is 0.0534 e. The fourth-order valence-corrected chi connectivity index (χ4v) is 4.16. The second kappa shape index (κ2) is 8.40. The van der Waals surface area contributed by atoms with Crippen LogP contribution in [0.3, 0.4) is 0 Å². The average Bonchev–Trinajstić information content (AvgIpc) is 3.14. The molecule has 0 N–H and O–H groups in total. The van der Waals surface area contributed by atoms with E-state index in [-0.39, 0.29) is 0 Å². The Balaban J connectivity index is 2.44. The summed E-state index contributed by atoms with van der Waals surface area (Å²) in [6.45, 7) is 16.9. The molecule has 0 saturated heterocycles. The lowest BCUT2D eigenvalue weighted by Gasteiger charge is -2.15. The van der Waals surface area contributed by atoms with Gasteiger partial charge in [-0.05, 0) is 57.6 Å². The van der Waals surface area contributed by atoms with Gasteiger partial charge in [0.1, 0.15) is 0 Å². The summed E-state index contributed by atoms with van der Waals surface area (Å²) in [6, 6.07) is 8.52. The zero-order valence-corrected chi connectivity index (χ0v) is 18.2. The maximum Gasteiger partial charge on any atom is 0.0534 e. The molecule has 3 aromatic rings. The van der Waals surface area contributed by atoms with Crippen LogP contribution in [0, 0.1) is 6.92 Å². The lowest BCUT2D eigenvalue weighted by atomic mass is 10.1. The highest BCUT2D eigenvalue weighted by Gasteiger charge is 2.22. The molecule has 1 aromatic carbocycles. The van der Waals surface area contributed by atoms with Gasteiger partial charge >= 0.3 is 0 Å². The fraction of sp³-hybridized carbons (Fsp3) is 0.185. The number of para-hydroxylation sites is 1. The predicted molar refractivity (Wildman–Crippen MR) is 131 cm³/mol. The molecule has 0 radical (unpaired) electrons. The van der Waals surface area contributed by atoms with Gasteiger partial charge < -0.3 is 9.13 Å². The Kier molecular flexibility index (Phi) is 5.93. The molecule has 0 saturated carbocycles. The van der Waals surface area contributed by atoms with Gasteiger partial charge in [0.2, 0.25) is 0 Å². The lowest BCUT2D eigenvalue weighted by Crippen LogP contribution is -2.04. The molecule has 2 nitrogen and oxygen atoms in total. The van der Waals surface area contributed by atoms with E-state index in [1.165, 1.54) is 16.5 Å². The number of fused-ring (bicyclic) bond motifs is 1. The predicted octanol–water partition coefficient (Wildman–Crippen LogP) is 7.55. The highest BCUT2D eigenvalue weighted by atomic mass is 15.0. The molecule has 2 heterocycles. The molecule has 0 spiro atoms. The van der Waals surface area contributed by atoms with Gasteiger partial charge in [-0.2, -0.15) is 0 Å². The highest BCUT2D eigenvalue weighted by molar-refractivity contribution is 5.98. The van der Waals surface area contributed by atoms with Crippen LogP contribution in [-0.4, -0.2) is 9.13 Å². The van der Waals surface area contributed by atoms with Gasteiger partial charge in [-0.15, -0.1) is 0 Å². The van der Waals surface area contributed by atoms with E-state index >= 15 is 0 Å². The Morgan fingerprint density at radius 3 is 2.10 bits per heavy atom. The average molecular weight is 383 g/mol. The van der Waals surface area contributed by atoms with Crippen molar-refractivity contribution in [2.24, 2.45) is 7.05 Å². The molecular formula is C27H30N2. The van der Waals surface area contributed by atoms with Gasteiger partial charge in [-0.1, -0.05) is 55.7 Å². The summed E-state index contributed by atoms with van der Waals surface area (Å²) < 4.78 is 4.51. The maximum absolute atomic E-state index is 4.59. The van der Waals surface area contributed by atoms with Crippen LogP contribution in [0.25, 0.3) is 40.9 Å². The molecule has 0 aliphatic heterocycles. The van der Waals surface area contributed by atoms with Crippen LogP contribution in [0.15, 0.2) is 55.7 Å². The van der Waals surface area contributed by atoms with Gasteiger partial charge in [-0.25, -0.2) is 0 Å². The van der Waals surface area contributed by atoms with E-state index in [1.807, 2.05) is 19.9 Å². The van der Waals surface area contributed by atoms with Crippen molar-refractivity contribution in [1.82, 2.24) is 9.13 Å². The first-order chi connectivity index (χ1) is 14.0. The number of rotatable bonds is 6. The number of aryl methyl sites for hydroxylation is 1. The Hall–Kier alpha value is -3.26. The van der Waals surface area contributed by atoms with Crippen molar-refractivity contribution in [3.63, 3.8) is 0 Å². The Morgan fingerprint density at radius 1 is 0.897 bits per heavy atom. The van der Waals surface area contributed by atoms with E-state index in [0.717, 1.165) is 33.9 Å². The molecule has 0 aliphatic rings. The monoisotopic (exact) mass is 382 g/mol. The molecule has 0 bridgehead atoms. The number of aromatic nitrogens is 2. The highest BCUT2D eigenvalue weighted by Crippen LogP contribution is 2.37. The van der Waals surface area contributed by atoms with Crippen LogP contribution in [0.1, 0.15) is 54.5 Å². The summed E-state index contributed by atoms with van der Waals surface area (Å²) in [5.41, 5.74) is 9.08. The van der Waals surface area contributed by atoms with E-state index in [4.69, 9.17) is 0 Å². The number of benzene rings is 1. The summed E-state index contributed by atoms with van der Waals surface area (Å²) in [6.07, 6.45) is 14.6. The topological polar surface area (TPSA) is 9.86 Å². The Labute approximate surface area is 174 Å². The zero-order chi connectivity index (χ0) is 21.1. The number of hydrogen-bond donors (Lipinski definition) is 0. The molecule has 0 atom stereocenters. The Bertz CT molecular complexity index is 1170. The third-order valence-corrected chi connectivity index (χ3v) is 5.43. The van der Waals surface area contributed by atoms with Crippen LogP contribution in [-0.2, 0) is 7.05 Å². The Morgan fingerprint density at radius 2 is 1.48 bits per heavy atom. The molecular weight excluding hydrogens is 352 g/mol. The first kappa shape index (κ1) is 20.5. The summed E-state index contributed by atoms with van der Waals surface area (Å²) in [5.74, 6) is 0. The largest absolute Gasteiger partial charge is 0.344 e. The van der Waals surface area contributed by atoms with Crippen LogP contribution in [0.2, 0.25) is 0 Å². The quantitative estimate of drug-likeness (QED) is 0.416. The molecule has 3 rings (SSSR count). The fourth-order valence-electron chi connectivity index (χ4n) is 4.16. The molecule has 148 valence electrons. The van der Waals surface area contributed by atoms with Crippen molar-refractivity contribution >= 4 is 40.9 Å². The van der Waals surface area contributed by atoms with Crippen molar-refractivity contribution in [2.75, 3.05) is 0 Å². The van der Waals surface area contributed by atoms with E-state index in [0.29, 0.717) is 0 Å². The minimum Gasteiger partial charge on any atom is -0.344 e. The molecule has 0 aliphatic carbocycles. The molecule has 2 aromatic heterocycles. The molecule has 0 amide bonds. The second-order valence-electron chi connectivity index (χ2n) is 7.13. The second-order valence-corrected chi connectivity index (χ2v) is 7.13. The van der Waals surface area contributed by atoms with Crippen molar-refractivity contribution in [2.45, 2.75) is 27.7 Å². The summed E-state index contributed by atoms with van der Waals surface area (Å²) in [7, 11) is 2.12. The normalized spacial score (nSPS) is 12.2.